The molecule has 0 radical (unpaired) electrons. The van der Waals surface area contributed by atoms with Crippen LogP contribution in [-0.4, -0.2) is 59.7 Å². The highest BCUT2D eigenvalue weighted by Gasteiger charge is 2.35. The van der Waals surface area contributed by atoms with Crippen molar-refractivity contribution in [3.8, 4) is 0 Å². The van der Waals surface area contributed by atoms with E-state index in [4.69, 9.17) is 0 Å². The topological polar surface area (TPSA) is 60.9 Å². The molecular formula is C22H23N3O3. The van der Waals surface area contributed by atoms with Crippen LogP contribution in [0.25, 0.3) is 0 Å². The van der Waals surface area contributed by atoms with Gasteiger partial charge in [-0.15, -0.1) is 0 Å². The van der Waals surface area contributed by atoms with Crippen molar-refractivity contribution in [2.75, 3.05) is 31.1 Å². The second-order valence-corrected chi connectivity index (χ2v) is 7.28. The minimum absolute atomic E-state index is 0.0175. The SMILES string of the molecule is CC1CN(C(=O)CCN2C(=O)c3ccccc3C2=O)CCN1c1ccccc1. The quantitative estimate of drug-likeness (QED) is 0.768. The number of para-hydroxylation sites is 1. The molecule has 1 atom stereocenters. The van der Waals surface area contributed by atoms with E-state index in [0.717, 1.165) is 12.2 Å². The minimum atomic E-state index is -0.310. The summed E-state index contributed by atoms with van der Waals surface area (Å²) in [5, 5.41) is 0. The third kappa shape index (κ3) is 3.26. The molecule has 0 saturated carbocycles. The van der Waals surface area contributed by atoms with Crippen molar-refractivity contribution in [1.82, 2.24) is 9.80 Å². The van der Waals surface area contributed by atoms with Crippen molar-refractivity contribution in [2.24, 2.45) is 0 Å². The molecule has 0 aliphatic carbocycles. The van der Waals surface area contributed by atoms with Crippen LogP contribution >= 0.6 is 0 Å². The molecule has 1 fully saturated rings. The Morgan fingerprint density at radius 3 is 2.14 bits per heavy atom. The number of hydrogen-bond donors (Lipinski definition) is 0. The van der Waals surface area contributed by atoms with E-state index in [9.17, 15) is 14.4 Å². The van der Waals surface area contributed by atoms with Gasteiger partial charge < -0.3 is 9.80 Å². The molecule has 28 heavy (non-hydrogen) atoms. The summed E-state index contributed by atoms with van der Waals surface area (Å²) in [6, 6.07) is 17.2. The van der Waals surface area contributed by atoms with Gasteiger partial charge in [0.1, 0.15) is 0 Å². The number of rotatable bonds is 4. The Morgan fingerprint density at radius 1 is 0.929 bits per heavy atom. The first-order chi connectivity index (χ1) is 13.6. The molecule has 2 aromatic rings. The number of anilines is 1. The maximum atomic E-state index is 12.7. The van der Waals surface area contributed by atoms with Crippen LogP contribution in [0, 0.1) is 0 Å². The van der Waals surface area contributed by atoms with Gasteiger partial charge in [0.15, 0.2) is 0 Å². The van der Waals surface area contributed by atoms with Crippen molar-refractivity contribution in [2.45, 2.75) is 19.4 Å². The van der Waals surface area contributed by atoms with Gasteiger partial charge in [0.05, 0.1) is 11.1 Å². The third-order valence-electron chi connectivity index (χ3n) is 5.50. The number of piperazine rings is 1. The molecule has 0 N–H and O–H groups in total. The number of carbonyl (C=O) groups excluding carboxylic acids is 3. The van der Waals surface area contributed by atoms with Gasteiger partial charge in [-0.1, -0.05) is 30.3 Å². The van der Waals surface area contributed by atoms with Gasteiger partial charge in [-0.3, -0.25) is 19.3 Å². The van der Waals surface area contributed by atoms with E-state index < -0.39 is 0 Å². The molecule has 2 aromatic carbocycles. The number of benzene rings is 2. The zero-order chi connectivity index (χ0) is 19.7. The van der Waals surface area contributed by atoms with Crippen LogP contribution in [0.5, 0.6) is 0 Å². The summed E-state index contributed by atoms with van der Waals surface area (Å²) in [6.07, 6.45) is 0.156. The van der Waals surface area contributed by atoms with Gasteiger partial charge >= 0.3 is 0 Å². The summed E-state index contributed by atoms with van der Waals surface area (Å²) in [7, 11) is 0. The van der Waals surface area contributed by atoms with Gasteiger partial charge in [-0.2, -0.15) is 0 Å². The van der Waals surface area contributed by atoms with Crippen LogP contribution in [0.1, 0.15) is 34.1 Å². The number of carbonyl (C=O) groups is 3. The van der Waals surface area contributed by atoms with Crippen molar-refractivity contribution >= 4 is 23.4 Å². The van der Waals surface area contributed by atoms with E-state index >= 15 is 0 Å². The van der Waals surface area contributed by atoms with Crippen LogP contribution in [0.4, 0.5) is 5.69 Å². The maximum Gasteiger partial charge on any atom is 0.261 e. The van der Waals surface area contributed by atoms with Gasteiger partial charge in [-0.25, -0.2) is 0 Å². The second kappa shape index (κ2) is 7.46. The Morgan fingerprint density at radius 2 is 1.54 bits per heavy atom. The highest BCUT2D eigenvalue weighted by molar-refractivity contribution is 6.21. The maximum absolute atomic E-state index is 12.7. The lowest BCUT2D eigenvalue weighted by molar-refractivity contribution is -0.132. The van der Waals surface area contributed by atoms with Gasteiger partial charge in [-0.05, 0) is 31.2 Å². The second-order valence-electron chi connectivity index (χ2n) is 7.28. The third-order valence-corrected chi connectivity index (χ3v) is 5.50. The average Bonchev–Trinajstić information content (AvgIpc) is 2.97. The number of fused-ring (bicyclic) bond motifs is 1. The normalized spacial score (nSPS) is 19.2. The highest BCUT2D eigenvalue weighted by Crippen LogP contribution is 2.23. The summed E-state index contributed by atoms with van der Waals surface area (Å²) in [5.74, 6) is -0.637. The van der Waals surface area contributed by atoms with E-state index in [2.05, 4.69) is 24.0 Å². The fourth-order valence-electron chi connectivity index (χ4n) is 3.99. The molecule has 2 heterocycles. The molecule has 6 heteroatoms. The zero-order valence-corrected chi connectivity index (χ0v) is 15.9. The van der Waals surface area contributed by atoms with Crippen molar-refractivity contribution in [1.29, 1.82) is 0 Å². The standard InChI is InChI=1S/C22H23N3O3/c1-16-15-23(13-14-24(16)17-7-3-2-4-8-17)20(26)11-12-25-21(27)18-9-5-6-10-19(18)22(25)28/h2-10,16H,11-15H2,1H3. The first-order valence-corrected chi connectivity index (χ1v) is 9.61. The summed E-state index contributed by atoms with van der Waals surface area (Å²) in [5.41, 5.74) is 2.00. The van der Waals surface area contributed by atoms with Crippen molar-refractivity contribution < 1.29 is 14.4 Å². The lowest BCUT2D eigenvalue weighted by Gasteiger charge is -2.41. The summed E-state index contributed by atoms with van der Waals surface area (Å²) in [4.78, 5) is 42.9. The van der Waals surface area contributed by atoms with Crippen LogP contribution in [0.3, 0.4) is 0 Å². The molecule has 3 amide bonds. The highest BCUT2D eigenvalue weighted by atomic mass is 16.2. The van der Waals surface area contributed by atoms with Crippen LogP contribution < -0.4 is 4.90 Å². The van der Waals surface area contributed by atoms with E-state index in [0.29, 0.717) is 24.2 Å². The summed E-state index contributed by atoms with van der Waals surface area (Å²) in [6.45, 7) is 4.27. The monoisotopic (exact) mass is 377 g/mol. The van der Waals surface area contributed by atoms with Crippen molar-refractivity contribution in [3.05, 3.63) is 65.7 Å². The summed E-state index contributed by atoms with van der Waals surface area (Å²) >= 11 is 0. The Kier molecular flexibility index (Phi) is 4.86. The summed E-state index contributed by atoms with van der Waals surface area (Å²) < 4.78 is 0. The number of nitrogens with zero attached hydrogens (tertiary/aromatic N) is 3. The average molecular weight is 377 g/mol. The Hall–Kier alpha value is -3.15. The number of imide groups is 1. The first-order valence-electron chi connectivity index (χ1n) is 9.61. The molecule has 4 rings (SSSR count). The van der Waals surface area contributed by atoms with Crippen molar-refractivity contribution in [3.63, 3.8) is 0 Å². The largest absolute Gasteiger partial charge is 0.365 e. The molecule has 0 spiro atoms. The molecule has 2 aliphatic rings. The fraction of sp³-hybridized carbons (Fsp3) is 0.318. The molecule has 6 nitrogen and oxygen atoms in total. The van der Waals surface area contributed by atoms with Gasteiger partial charge in [0.25, 0.3) is 11.8 Å². The van der Waals surface area contributed by atoms with Crippen LogP contribution in [0.15, 0.2) is 54.6 Å². The van der Waals surface area contributed by atoms with E-state index in [1.165, 1.54) is 4.90 Å². The van der Waals surface area contributed by atoms with Gasteiger partial charge in [0.2, 0.25) is 5.91 Å². The Balaban J connectivity index is 1.34. The zero-order valence-electron chi connectivity index (χ0n) is 15.9. The molecule has 1 saturated heterocycles. The molecule has 0 bridgehead atoms. The van der Waals surface area contributed by atoms with E-state index in [1.807, 2.05) is 23.1 Å². The van der Waals surface area contributed by atoms with Crippen LogP contribution in [-0.2, 0) is 4.79 Å². The molecule has 144 valence electrons. The fourth-order valence-corrected chi connectivity index (χ4v) is 3.99. The predicted molar refractivity (Wildman–Crippen MR) is 106 cm³/mol. The number of amides is 3. The molecule has 1 unspecified atom stereocenters. The van der Waals surface area contributed by atoms with E-state index in [-0.39, 0.29) is 36.7 Å². The van der Waals surface area contributed by atoms with E-state index in [1.54, 1.807) is 24.3 Å². The minimum Gasteiger partial charge on any atom is -0.365 e. The van der Waals surface area contributed by atoms with Gasteiger partial charge in [0, 0.05) is 44.3 Å². The smallest absolute Gasteiger partial charge is 0.261 e. The number of hydrogen-bond acceptors (Lipinski definition) is 4. The molecule has 0 aromatic heterocycles. The predicted octanol–water partition coefficient (Wildman–Crippen LogP) is 2.41. The van der Waals surface area contributed by atoms with Crippen LogP contribution in [0.2, 0.25) is 0 Å². The lowest BCUT2D eigenvalue weighted by atomic mass is 10.1. The molecule has 2 aliphatic heterocycles. The Bertz CT molecular complexity index is 877. The molecular weight excluding hydrogens is 354 g/mol. The Labute approximate surface area is 164 Å². The first kappa shape index (κ1) is 18.2. The lowest BCUT2D eigenvalue weighted by Crippen LogP contribution is -2.54.